The van der Waals surface area contributed by atoms with Gasteiger partial charge in [0.05, 0.1) is 37.6 Å². The van der Waals surface area contributed by atoms with Crippen LogP contribution in [0.1, 0.15) is 6.92 Å². The average Bonchev–Trinajstić information content (AvgIpc) is 3.48. The second-order valence-electron chi connectivity index (χ2n) is 8.32. The van der Waals surface area contributed by atoms with Gasteiger partial charge in [0.15, 0.2) is 0 Å². The summed E-state index contributed by atoms with van der Waals surface area (Å²) in [5.74, 6) is -3.55. The van der Waals surface area contributed by atoms with E-state index >= 15 is 0 Å². The predicted octanol–water partition coefficient (Wildman–Crippen LogP) is 3.30. The van der Waals surface area contributed by atoms with Crippen molar-refractivity contribution >= 4 is 28.4 Å². The van der Waals surface area contributed by atoms with Crippen LogP contribution in [-0.4, -0.2) is 73.5 Å². The number of carbonyl (C=O) groups excluding carboxylic acids is 1. The standard InChI is InChI=1S/C22H21F4N7O2/c1-12(34)31-8-17(22(25,26)10-31)28-21-29-20(35-2)19-14(5-6-33(19)30-21)13-3-4-15-16(7-13)32(11-27-15)9-18(23)24/h3-7,11,17-18H,8-10H2,1-2H3,(H,28,30)/t17-/m1/s1. The molecule has 1 saturated heterocycles. The van der Waals surface area contributed by atoms with Gasteiger partial charge in [-0.15, -0.1) is 5.10 Å². The molecule has 0 aliphatic carbocycles. The number of hydrogen-bond donors (Lipinski definition) is 1. The summed E-state index contributed by atoms with van der Waals surface area (Å²) in [5.41, 5.74) is 2.94. The van der Waals surface area contributed by atoms with Crippen molar-refractivity contribution in [2.45, 2.75) is 31.9 Å². The number of rotatable bonds is 6. The molecule has 3 aromatic heterocycles. The maximum atomic E-state index is 14.4. The van der Waals surface area contributed by atoms with Gasteiger partial charge in [-0.25, -0.2) is 27.1 Å². The normalized spacial score (nSPS) is 17.6. The Balaban J connectivity index is 1.51. The van der Waals surface area contributed by atoms with Crippen molar-refractivity contribution in [3.05, 3.63) is 36.8 Å². The minimum absolute atomic E-state index is 0.0861. The molecule has 4 heterocycles. The first-order valence-electron chi connectivity index (χ1n) is 10.7. The highest BCUT2D eigenvalue weighted by Gasteiger charge is 2.49. The summed E-state index contributed by atoms with van der Waals surface area (Å²) in [6, 6.07) is 5.63. The molecular formula is C22H21F4N7O2. The summed E-state index contributed by atoms with van der Waals surface area (Å²) in [4.78, 5) is 21.0. The van der Waals surface area contributed by atoms with E-state index < -0.39 is 37.4 Å². The van der Waals surface area contributed by atoms with Crippen molar-refractivity contribution in [2.24, 2.45) is 0 Å². The lowest BCUT2D eigenvalue weighted by Crippen LogP contribution is -2.38. The Morgan fingerprint density at radius 2 is 2.11 bits per heavy atom. The van der Waals surface area contributed by atoms with Gasteiger partial charge in [-0.2, -0.15) is 4.98 Å². The SMILES string of the molecule is COc1nc(N[C@@H]2CN(C(C)=O)CC2(F)F)nn2ccc(-c3ccc4ncn(CC(F)F)c4c3)c12. The van der Waals surface area contributed by atoms with Crippen molar-refractivity contribution in [2.75, 3.05) is 25.5 Å². The van der Waals surface area contributed by atoms with Crippen molar-refractivity contribution in [1.82, 2.24) is 29.0 Å². The van der Waals surface area contributed by atoms with Crippen molar-refractivity contribution in [3.63, 3.8) is 0 Å². The number of imidazole rings is 1. The summed E-state index contributed by atoms with van der Waals surface area (Å²) >= 11 is 0. The molecule has 0 saturated carbocycles. The third-order valence-corrected chi connectivity index (χ3v) is 6.00. The first-order valence-corrected chi connectivity index (χ1v) is 10.7. The predicted molar refractivity (Wildman–Crippen MR) is 119 cm³/mol. The Bertz CT molecular complexity index is 1420. The molecule has 0 spiro atoms. The molecule has 1 atom stereocenters. The Morgan fingerprint density at radius 3 is 2.80 bits per heavy atom. The second kappa shape index (κ2) is 8.40. The van der Waals surface area contributed by atoms with Crippen LogP contribution in [0.5, 0.6) is 5.88 Å². The number of ether oxygens (including phenoxy) is 1. The van der Waals surface area contributed by atoms with Gasteiger partial charge in [0.25, 0.3) is 12.3 Å². The molecule has 35 heavy (non-hydrogen) atoms. The maximum absolute atomic E-state index is 14.4. The Hall–Kier alpha value is -3.90. The largest absolute Gasteiger partial charge is 0.479 e. The summed E-state index contributed by atoms with van der Waals surface area (Å²) < 4.78 is 63.0. The zero-order valence-electron chi connectivity index (χ0n) is 18.8. The van der Waals surface area contributed by atoms with Crippen LogP contribution >= 0.6 is 0 Å². The number of likely N-dealkylation sites (tertiary alicyclic amines) is 1. The minimum Gasteiger partial charge on any atom is -0.479 e. The van der Waals surface area contributed by atoms with Crippen LogP contribution in [0.4, 0.5) is 23.5 Å². The molecule has 1 aliphatic rings. The van der Waals surface area contributed by atoms with E-state index in [1.54, 1.807) is 30.5 Å². The third kappa shape index (κ3) is 4.10. The van der Waals surface area contributed by atoms with Gasteiger partial charge in [-0.05, 0) is 23.8 Å². The van der Waals surface area contributed by atoms with Gasteiger partial charge >= 0.3 is 0 Å². The number of methoxy groups -OCH3 is 1. The van der Waals surface area contributed by atoms with E-state index in [4.69, 9.17) is 4.74 Å². The Kier molecular flexibility index (Phi) is 5.49. The zero-order valence-corrected chi connectivity index (χ0v) is 18.8. The topological polar surface area (TPSA) is 89.6 Å². The maximum Gasteiger partial charge on any atom is 0.286 e. The third-order valence-electron chi connectivity index (χ3n) is 6.00. The molecule has 1 amide bonds. The molecule has 1 fully saturated rings. The number of hydrogen-bond acceptors (Lipinski definition) is 6. The van der Waals surface area contributed by atoms with E-state index in [2.05, 4.69) is 20.4 Å². The van der Waals surface area contributed by atoms with Gasteiger partial charge in [0.1, 0.15) is 11.6 Å². The highest BCUT2D eigenvalue weighted by molar-refractivity contribution is 5.89. The van der Waals surface area contributed by atoms with Crippen molar-refractivity contribution < 1.29 is 27.1 Å². The summed E-state index contributed by atoms with van der Waals surface area (Å²) in [7, 11) is 1.39. The molecule has 1 aromatic carbocycles. The number of nitrogens with zero attached hydrogens (tertiary/aromatic N) is 6. The molecule has 9 nitrogen and oxygen atoms in total. The van der Waals surface area contributed by atoms with E-state index in [-0.39, 0.29) is 18.4 Å². The molecular weight excluding hydrogens is 470 g/mol. The number of carbonyl (C=O) groups is 1. The lowest BCUT2D eigenvalue weighted by atomic mass is 10.1. The molecule has 1 N–H and O–H groups in total. The number of alkyl halides is 4. The van der Waals surface area contributed by atoms with E-state index in [9.17, 15) is 22.4 Å². The fraction of sp³-hybridized carbons (Fsp3) is 0.364. The van der Waals surface area contributed by atoms with Crippen LogP contribution in [-0.2, 0) is 11.3 Å². The summed E-state index contributed by atoms with van der Waals surface area (Å²) in [6.07, 6.45) is 0.460. The van der Waals surface area contributed by atoms with Crippen LogP contribution < -0.4 is 10.1 Å². The van der Waals surface area contributed by atoms with Crippen LogP contribution in [0.15, 0.2) is 36.8 Å². The van der Waals surface area contributed by atoms with E-state index in [0.29, 0.717) is 27.7 Å². The number of nitrogens with one attached hydrogen (secondary N) is 1. The first-order chi connectivity index (χ1) is 16.7. The van der Waals surface area contributed by atoms with Crippen LogP contribution in [0.25, 0.3) is 27.7 Å². The lowest BCUT2D eigenvalue weighted by molar-refractivity contribution is -0.129. The van der Waals surface area contributed by atoms with Crippen LogP contribution in [0.2, 0.25) is 0 Å². The Labute approximate surface area is 196 Å². The monoisotopic (exact) mass is 491 g/mol. The molecule has 1 aliphatic heterocycles. The van der Waals surface area contributed by atoms with E-state index in [1.807, 2.05) is 0 Å². The smallest absolute Gasteiger partial charge is 0.286 e. The van der Waals surface area contributed by atoms with Gasteiger partial charge in [-0.1, -0.05) is 6.07 Å². The molecule has 13 heteroatoms. The zero-order chi connectivity index (χ0) is 24.9. The molecule has 4 aromatic rings. The van der Waals surface area contributed by atoms with E-state index in [1.165, 1.54) is 29.4 Å². The van der Waals surface area contributed by atoms with Crippen LogP contribution in [0.3, 0.4) is 0 Å². The Morgan fingerprint density at radius 1 is 1.31 bits per heavy atom. The minimum atomic E-state index is -3.16. The average molecular weight is 491 g/mol. The van der Waals surface area contributed by atoms with Gasteiger partial charge in [0.2, 0.25) is 17.7 Å². The highest BCUT2D eigenvalue weighted by Crippen LogP contribution is 2.34. The fourth-order valence-electron chi connectivity index (χ4n) is 4.28. The van der Waals surface area contributed by atoms with Gasteiger partial charge < -0.3 is 19.5 Å². The van der Waals surface area contributed by atoms with Crippen molar-refractivity contribution in [3.8, 4) is 17.0 Å². The number of amides is 1. The number of halogens is 4. The summed E-state index contributed by atoms with van der Waals surface area (Å²) in [6.45, 7) is -0.110. The van der Waals surface area contributed by atoms with Crippen LogP contribution in [0, 0.1) is 0 Å². The lowest BCUT2D eigenvalue weighted by Gasteiger charge is -2.19. The number of aromatic nitrogens is 5. The van der Waals surface area contributed by atoms with E-state index in [0.717, 1.165) is 4.90 Å². The molecule has 0 radical (unpaired) electrons. The summed E-state index contributed by atoms with van der Waals surface area (Å²) in [5, 5.41) is 6.93. The second-order valence-corrected chi connectivity index (χ2v) is 8.32. The molecule has 0 bridgehead atoms. The number of anilines is 1. The number of benzene rings is 1. The molecule has 184 valence electrons. The van der Waals surface area contributed by atoms with Crippen molar-refractivity contribution in [1.29, 1.82) is 0 Å². The molecule has 5 rings (SSSR count). The van der Waals surface area contributed by atoms with Gasteiger partial charge in [-0.3, -0.25) is 4.79 Å². The first kappa shape index (κ1) is 22.9. The quantitative estimate of drug-likeness (QED) is 0.417. The fourth-order valence-corrected chi connectivity index (χ4v) is 4.28. The number of fused-ring (bicyclic) bond motifs is 2. The molecule has 0 unspecified atom stereocenters. The highest BCUT2D eigenvalue weighted by atomic mass is 19.3. The van der Waals surface area contributed by atoms with Gasteiger partial charge in [0, 0.05) is 25.2 Å².